The highest BCUT2D eigenvalue weighted by Crippen LogP contribution is 2.25. The lowest BCUT2D eigenvalue weighted by atomic mass is 10.2. The van der Waals surface area contributed by atoms with E-state index in [1.807, 2.05) is 18.2 Å². The van der Waals surface area contributed by atoms with Crippen LogP contribution in [0.2, 0.25) is 5.02 Å². The lowest BCUT2D eigenvalue weighted by Gasteiger charge is -2.22. The number of sulfonamides is 1. The van der Waals surface area contributed by atoms with Crippen LogP contribution in [0, 0.1) is 0 Å². The summed E-state index contributed by atoms with van der Waals surface area (Å²) in [5, 5.41) is 0.280. The summed E-state index contributed by atoms with van der Waals surface area (Å²) in [6, 6.07) is 16.9. The van der Waals surface area contributed by atoms with Crippen LogP contribution in [0.3, 0.4) is 0 Å². The first-order valence-corrected chi connectivity index (χ1v) is 9.90. The number of hydrogen-bond acceptors (Lipinski definition) is 3. The van der Waals surface area contributed by atoms with Crippen LogP contribution in [-0.4, -0.2) is 43.8 Å². The Morgan fingerprint density at radius 1 is 0.875 bits per heavy atom. The van der Waals surface area contributed by atoms with Crippen molar-refractivity contribution in [2.45, 2.75) is 17.9 Å². The van der Waals surface area contributed by atoms with Gasteiger partial charge in [-0.15, -0.1) is 0 Å². The van der Waals surface area contributed by atoms with Crippen molar-refractivity contribution < 1.29 is 8.42 Å². The fraction of sp³-hybridized carbons (Fsp3) is 0.333. The molecule has 1 aliphatic heterocycles. The topological polar surface area (TPSA) is 40.6 Å². The second kappa shape index (κ2) is 7.66. The van der Waals surface area contributed by atoms with Crippen molar-refractivity contribution in [2.24, 2.45) is 0 Å². The van der Waals surface area contributed by atoms with Gasteiger partial charge in [-0.3, -0.25) is 4.90 Å². The molecule has 128 valence electrons. The molecule has 0 radical (unpaired) electrons. The summed E-state index contributed by atoms with van der Waals surface area (Å²) < 4.78 is 27.3. The van der Waals surface area contributed by atoms with E-state index in [1.165, 1.54) is 5.56 Å². The Hall–Kier alpha value is -1.40. The maximum absolute atomic E-state index is 12.8. The van der Waals surface area contributed by atoms with Gasteiger partial charge in [0.05, 0.1) is 5.02 Å². The van der Waals surface area contributed by atoms with Crippen LogP contribution < -0.4 is 0 Å². The Morgan fingerprint density at radius 2 is 1.58 bits per heavy atom. The summed E-state index contributed by atoms with van der Waals surface area (Å²) in [5.74, 6) is 0. The molecule has 0 saturated carbocycles. The predicted octanol–water partition coefficient (Wildman–Crippen LogP) is 3.24. The van der Waals surface area contributed by atoms with Crippen molar-refractivity contribution in [1.29, 1.82) is 0 Å². The van der Waals surface area contributed by atoms with Crippen molar-refractivity contribution in [3.05, 3.63) is 65.2 Å². The molecule has 24 heavy (non-hydrogen) atoms. The second-order valence-corrected chi connectivity index (χ2v) is 8.26. The summed E-state index contributed by atoms with van der Waals surface area (Å²) in [6.07, 6.45) is 0.816. The highest BCUT2D eigenvalue weighted by Gasteiger charge is 2.28. The molecule has 0 spiro atoms. The SMILES string of the molecule is O=S(=O)(c1ccccc1Cl)N1CCCN(Cc2ccccc2)CC1. The highest BCUT2D eigenvalue weighted by molar-refractivity contribution is 7.89. The summed E-state index contributed by atoms with van der Waals surface area (Å²) in [5.41, 5.74) is 1.25. The van der Waals surface area contributed by atoms with E-state index in [4.69, 9.17) is 11.6 Å². The normalized spacial score (nSPS) is 17.5. The third-order valence-corrected chi connectivity index (χ3v) is 6.65. The Kier molecular flexibility index (Phi) is 5.56. The summed E-state index contributed by atoms with van der Waals surface area (Å²) in [6.45, 7) is 3.47. The number of benzene rings is 2. The van der Waals surface area contributed by atoms with E-state index in [-0.39, 0.29) is 9.92 Å². The molecule has 0 aliphatic carbocycles. The van der Waals surface area contributed by atoms with Crippen LogP contribution in [0.15, 0.2) is 59.5 Å². The minimum Gasteiger partial charge on any atom is -0.298 e. The Bertz CT molecular complexity index is 781. The molecule has 3 rings (SSSR count). The minimum atomic E-state index is -3.54. The molecule has 0 N–H and O–H groups in total. The quantitative estimate of drug-likeness (QED) is 0.836. The Morgan fingerprint density at radius 3 is 2.33 bits per heavy atom. The van der Waals surface area contributed by atoms with Gasteiger partial charge in [-0.25, -0.2) is 8.42 Å². The Balaban J connectivity index is 1.70. The lowest BCUT2D eigenvalue weighted by molar-refractivity contribution is 0.278. The fourth-order valence-electron chi connectivity index (χ4n) is 2.98. The smallest absolute Gasteiger partial charge is 0.244 e. The van der Waals surface area contributed by atoms with E-state index in [9.17, 15) is 8.42 Å². The average Bonchev–Trinajstić information content (AvgIpc) is 2.82. The first-order valence-electron chi connectivity index (χ1n) is 8.08. The zero-order valence-electron chi connectivity index (χ0n) is 13.4. The molecule has 0 amide bonds. The van der Waals surface area contributed by atoms with Crippen LogP contribution in [0.1, 0.15) is 12.0 Å². The zero-order valence-corrected chi connectivity index (χ0v) is 15.0. The van der Waals surface area contributed by atoms with Gasteiger partial charge in [-0.05, 0) is 30.7 Å². The number of hydrogen-bond donors (Lipinski definition) is 0. The molecule has 2 aromatic rings. The molecular weight excluding hydrogens is 344 g/mol. The van der Waals surface area contributed by atoms with Crippen LogP contribution in [0.4, 0.5) is 0 Å². The van der Waals surface area contributed by atoms with E-state index in [0.717, 1.165) is 26.1 Å². The molecule has 0 unspecified atom stereocenters. The zero-order chi connectivity index (χ0) is 17.0. The first kappa shape index (κ1) is 17.4. The predicted molar refractivity (Wildman–Crippen MR) is 96.5 cm³/mol. The van der Waals surface area contributed by atoms with Crippen molar-refractivity contribution in [1.82, 2.24) is 9.21 Å². The second-order valence-electron chi connectivity index (χ2n) is 5.95. The van der Waals surface area contributed by atoms with Gasteiger partial charge < -0.3 is 0 Å². The summed E-state index contributed by atoms with van der Waals surface area (Å²) in [4.78, 5) is 2.50. The molecule has 1 aliphatic rings. The molecule has 0 aromatic heterocycles. The molecule has 6 heteroatoms. The molecule has 1 fully saturated rings. The van der Waals surface area contributed by atoms with Crippen molar-refractivity contribution >= 4 is 21.6 Å². The fourth-order valence-corrected chi connectivity index (χ4v) is 4.94. The Labute approximate surface area is 148 Å². The van der Waals surface area contributed by atoms with E-state index in [2.05, 4.69) is 17.0 Å². The van der Waals surface area contributed by atoms with Gasteiger partial charge in [0.1, 0.15) is 4.90 Å². The van der Waals surface area contributed by atoms with Crippen LogP contribution >= 0.6 is 11.6 Å². The maximum atomic E-state index is 12.8. The minimum absolute atomic E-state index is 0.197. The number of nitrogens with zero attached hydrogens (tertiary/aromatic N) is 2. The van der Waals surface area contributed by atoms with Crippen molar-refractivity contribution in [3.63, 3.8) is 0 Å². The van der Waals surface area contributed by atoms with Crippen LogP contribution in [-0.2, 0) is 16.6 Å². The molecule has 4 nitrogen and oxygen atoms in total. The van der Waals surface area contributed by atoms with Gasteiger partial charge in [0.25, 0.3) is 0 Å². The van der Waals surface area contributed by atoms with E-state index >= 15 is 0 Å². The number of rotatable bonds is 4. The van der Waals surface area contributed by atoms with Gasteiger partial charge in [0, 0.05) is 26.2 Å². The monoisotopic (exact) mass is 364 g/mol. The highest BCUT2D eigenvalue weighted by atomic mass is 35.5. The van der Waals surface area contributed by atoms with E-state index < -0.39 is 10.0 Å². The van der Waals surface area contributed by atoms with Gasteiger partial charge in [-0.1, -0.05) is 54.1 Å². The van der Waals surface area contributed by atoms with E-state index in [0.29, 0.717) is 13.1 Å². The number of halogens is 1. The van der Waals surface area contributed by atoms with Gasteiger partial charge in [0.15, 0.2) is 0 Å². The molecule has 2 aromatic carbocycles. The molecule has 1 heterocycles. The molecular formula is C18H21ClN2O2S. The average molecular weight is 365 g/mol. The van der Waals surface area contributed by atoms with E-state index in [1.54, 1.807) is 28.6 Å². The molecule has 0 atom stereocenters. The van der Waals surface area contributed by atoms with Gasteiger partial charge >= 0.3 is 0 Å². The van der Waals surface area contributed by atoms with Crippen LogP contribution in [0.25, 0.3) is 0 Å². The van der Waals surface area contributed by atoms with Crippen molar-refractivity contribution in [2.75, 3.05) is 26.2 Å². The standard InChI is InChI=1S/C18H21ClN2O2S/c19-17-9-4-5-10-18(17)24(22,23)21-12-6-11-20(13-14-21)15-16-7-2-1-3-8-16/h1-5,7-10H,6,11-15H2. The van der Waals surface area contributed by atoms with Gasteiger partial charge in [-0.2, -0.15) is 4.31 Å². The third kappa shape index (κ3) is 3.98. The van der Waals surface area contributed by atoms with Gasteiger partial charge in [0.2, 0.25) is 10.0 Å². The molecule has 0 bridgehead atoms. The van der Waals surface area contributed by atoms with Crippen LogP contribution in [0.5, 0.6) is 0 Å². The molecule has 1 saturated heterocycles. The first-order chi connectivity index (χ1) is 11.6. The maximum Gasteiger partial charge on any atom is 0.244 e. The largest absolute Gasteiger partial charge is 0.298 e. The third-order valence-electron chi connectivity index (χ3n) is 4.25. The van der Waals surface area contributed by atoms with Crippen molar-refractivity contribution in [3.8, 4) is 0 Å². The lowest BCUT2D eigenvalue weighted by Crippen LogP contribution is -2.35. The summed E-state index contributed by atoms with van der Waals surface area (Å²) in [7, 11) is -3.54. The summed E-state index contributed by atoms with van der Waals surface area (Å²) >= 11 is 6.09.